The maximum atomic E-state index is 5.93. The number of hydrogen-bond acceptors (Lipinski definition) is 4. The highest BCUT2D eigenvalue weighted by atomic mass is 35.5. The second-order valence-electron chi connectivity index (χ2n) is 4.34. The van der Waals surface area contributed by atoms with E-state index in [-0.39, 0.29) is 5.28 Å². The largest absolute Gasteiger partial charge is 0.385 e. The Morgan fingerprint density at radius 2 is 2.00 bits per heavy atom. The Balaban J connectivity index is 1.96. The molecule has 0 aliphatic carbocycles. The first-order valence-electron chi connectivity index (χ1n) is 6.46. The minimum absolute atomic E-state index is 0.278. The van der Waals surface area contributed by atoms with Crippen molar-refractivity contribution >= 4 is 28.3 Å². The first-order valence-corrected chi connectivity index (χ1v) is 6.84. The molecule has 19 heavy (non-hydrogen) atoms. The van der Waals surface area contributed by atoms with Gasteiger partial charge in [-0.25, -0.2) is 9.97 Å². The molecule has 5 heteroatoms. The number of methoxy groups -OCH3 is 1. The highest BCUT2D eigenvalue weighted by Gasteiger charge is 2.05. The molecule has 0 saturated heterocycles. The van der Waals surface area contributed by atoms with Crippen LogP contribution in [0.5, 0.6) is 0 Å². The Morgan fingerprint density at radius 3 is 2.84 bits per heavy atom. The number of ether oxygens (including phenoxy) is 1. The molecular weight excluding hydrogens is 262 g/mol. The van der Waals surface area contributed by atoms with Gasteiger partial charge in [-0.2, -0.15) is 0 Å². The SMILES string of the molecule is COCCCCCNc1nc(Cl)nc2ccccc12. The van der Waals surface area contributed by atoms with E-state index < -0.39 is 0 Å². The highest BCUT2D eigenvalue weighted by molar-refractivity contribution is 6.28. The van der Waals surface area contributed by atoms with E-state index in [1.54, 1.807) is 7.11 Å². The summed E-state index contributed by atoms with van der Waals surface area (Å²) in [5, 5.41) is 4.61. The Labute approximate surface area is 118 Å². The molecule has 2 rings (SSSR count). The molecule has 0 spiro atoms. The second-order valence-corrected chi connectivity index (χ2v) is 4.68. The van der Waals surface area contributed by atoms with E-state index in [2.05, 4.69) is 15.3 Å². The van der Waals surface area contributed by atoms with Crippen LogP contribution in [-0.4, -0.2) is 30.2 Å². The van der Waals surface area contributed by atoms with Gasteiger partial charge in [0.1, 0.15) is 5.82 Å². The number of unbranched alkanes of at least 4 members (excludes halogenated alkanes) is 2. The van der Waals surface area contributed by atoms with E-state index in [9.17, 15) is 0 Å². The van der Waals surface area contributed by atoms with E-state index in [4.69, 9.17) is 16.3 Å². The minimum atomic E-state index is 0.278. The zero-order valence-electron chi connectivity index (χ0n) is 11.0. The van der Waals surface area contributed by atoms with Gasteiger partial charge in [-0.15, -0.1) is 0 Å². The normalized spacial score (nSPS) is 10.8. The van der Waals surface area contributed by atoms with E-state index >= 15 is 0 Å². The molecule has 1 heterocycles. The zero-order chi connectivity index (χ0) is 13.5. The summed E-state index contributed by atoms with van der Waals surface area (Å²) in [6.45, 7) is 1.70. The van der Waals surface area contributed by atoms with E-state index in [0.29, 0.717) is 0 Å². The van der Waals surface area contributed by atoms with Crippen molar-refractivity contribution < 1.29 is 4.74 Å². The number of para-hydroxylation sites is 1. The summed E-state index contributed by atoms with van der Waals surface area (Å²) in [5.41, 5.74) is 0.865. The number of hydrogen-bond donors (Lipinski definition) is 1. The Kier molecular flexibility index (Phi) is 5.36. The van der Waals surface area contributed by atoms with Crippen LogP contribution < -0.4 is 5.32 Å². The van der Waals surface area contributed by atoms with Gasteiger partial charge in [0, 0.05) is 25.6 Å². The predicted molar refractivity (Wildman–Crippen MR) is 78.8 cm³/mol. The molecule has 0 bridgehead atoms. The maximum absolute atomic E-state index is 5.93. The monoisotopic (exact) mass is 279 g/mol. The van der Waals surface area contributed by atoms with Crippen molar-refractivity contribution in [3.63, 3.8) is 0 Å². The maximum Gasteiger partial charge on any atom is 0.224 e. The topological polar surface area (TPSA) is 47.0 Å². The molecule has 0 amide bonds. The van der Waals surface area contributed by atoms with Crippen LogP contribution in [0.25, 0.3) is 10.9 Å². The summed E-state index contributed by atoms with van der Waals surface area (Å²) in [4.78, 5) is 8.46. The third-order valence-electron chi connectivity index (χ3n) is 2.89. The van der Waals surface area contributed by atoms with Gasteiger partial charge in [0.25, 0.3) is 0 Å². The molecule has 1 aromatic carbocycles. The molecule has 102 valence electrons. The number of fused-ring (bicyclic) bond motifs is 1. The van der Waals surface area contributed by atoms with Crippen LogP contribution in [0.2, 0.25) is 5.28 Å². The number of aromatic nitrogens is 2. The standard InChI is InChI=1S/C14H18ClN3O/c1-19-10-6-2-5-9-16-13-11-7-3-4-8-12(11)17-14(15)18-13/h3-4,7-8H,2,5-6,9-10H2,1H3,(H,16,17,18). The third-order valence-corrected chi connectivity index (χ3v) is 3.06. The smallest absolute Gasteiger partial charge is 0.224 e. The number of nitrogens with one attached hydrogen (secondary N) is 1. The van der Waals surface area contributed by atoms with Crippen LogP contribution in [-0.2, 0) is 4.74 Å². The van der Waals surface area contributed by atoms with Crippen LogP contribution in [0.1, 0.15) is 19.3 Å². The highest BCUT2D eigenvalue weighted by Crippen LogP contribution is 2.21. The van der Waals surface area contributed by atoms with E-state index in [1.165, 1.54) is 0 Å². The van der Waals surface area contributed by atoms with Crippen LogP contribution in [0.15, 0.2) is 24.3 Å². The molecule has 0 atom stereocenters. The lowest BCUT2D eigenvalue weighted by atomic mass is 10.2. The van der Waals surface area contributed by atoms with E-state index in [0.717, 1.165) is 49.1 Å². The Bertz CT molecular complexity index is 533. The number of halogens is 1. The van der Waals surface area contributed by atoms with Crippen molar-refractivity contribution in [3.05, 3.63) is 29.5 Å². The lowest BCUT2D eigenvalue weighted by molar-refractivity contribution is 0.192. The van der Waals surface area contributed by atoms with Gasteiger partial charge in [0.05, 0.1) is 5.52 Å². The second kappa shape index (κ2) is 7.26. The predicted octanol–water partition coefficient (Wildman–Crippen LogP) is 3.51. The van der Waals surface area contributed by atoms with Gasteiger partial charge < -0.3 is 10.1 Å². The Morgan fingerprint density at radius 1 is 1.16 bits per heavy atom. The summed E-state index contributed by atoms with van der Waals surface area (Å²) in [7, 11) is 1.73. The molecule has 0 radical (unpaired) electrons. The lowest BCUT2D eigenvalue weighted by Gasteiger charge is -2.08. The quantitative estimate of drug-likeness (QED) is 0.622. The van der Waals surface area contributed by atoms with Crippen LogP contribution in [0.3, 0.4) is 0 Å². The van der Waals surface area contributed by atoms with Crippen LogP contribution >= 0.6 is 11.6 Å². The molecule has 2 aromatic rings. The van der Waals surface area contributed by atoms with Crippen molar-refractivity contribution in [2.45, 2.75) is 19.3 Å². The molecule has 1 N–H and O–H groups in total. The van der Waals surface area contributed by atoms with Crippen molar-refractivity contribution in [1.29, 1.82) is 0 Å². The fraction of sp³-hybridized carbons (Fsp3) is 0.429. The summed E-state index contributed by atoms with van der Waals surface area (Å²) in [5.74, 6) is 0.808. The molecule has 0 unspecified atom stereocenters. The van der Waals surface area contributed by atoms with Gasteiger partial charge >= 0.3 is 0 Å². The first kappa shape index (κ1) is 14.0. The molecule has 0 fully saturated rings. The summed E-state index contributed by atoms with van der Waals surface area (Å²) in [6.07, 6.45) is 3.31. The van der Waals surface area contributed by atoms with Crippen LogP contribution in [0.4, 0.5) is 5.82 Å². The fourth-order valence-electron chi connectivity index (χ4n) is 1.94. The lowest BCUT2D eigenvalue weighted by Crippen LogP contribution is -2.05. The van der Waals surface area contributed by atoms with Gasteiger partial charge in [0.15, 0.2) is 0 Å². The number of benzene rings is 1. The average molecular weight is 280 g/mol. The molecular formula is C14H18ClN3O. The van der Waals surface area contributed by atoms with Gasteiger partial charge in [0.2, 0.25) is 5.28 Å². The van der Waals surface area contributed by atoms with E-state index in [1.807, 2.05) is 24.3 Å². The third kappa shape index (κ3) is 4.04. The number of nitrogens with zero attached hydrogens (tertiary/aromatic N) is 2. The van der Waals surface area contributed by atoms with Crippen LogP contribution in [0, 0.1) is 0 Å². The number of anilines is 1. The molecule has 4 nitrogen and oxygen atoms in total. The molecule has 1 aromatic heterocycles. The van der Waals surface area contributed by atoms with Crippen molar-refractivity contribution in [2.24, 2.45) is 0 Å². The minimum Gasteiger partial charge on any atom is -0.385 e. The van der Waals surface area contributed by atoms with Gasteiger partial charge in [-0.1, -0.05) is 12.1 Å². The molecule has 0 aliphatic rings. The van der Waals surface area contributed by atoms with Gasteiger partial charge in [-0.3, -0.25) is 0 Å². The zero-order valence-corrected chi connectivity index (χ0v) is 11.8. The summed E-state index contributed by atoms with van der Waals surface area (Å²) < 4.78 is 5.02. The Hall–Kier alpha value is -1.39. The van der Waals surface area contributed by atoms with Gasteiger partial charge in [-0.05, 0) is 43.0 Å². The first-order chi connectivity index (χ1) is 9.31. The average Bonchev–Trinajstić information content (AvgIpc) is 2.42. The fourth-order valence-corrected chi connectivity index (χ4v) is 2.11. The molecule has 0 aliphatic heterocycles. The summed E-state index contributed by atoms with van der Waals surface area (Å²) in [6, 6.07) is 7.86. The van der Waals surface area contributed by atoms with Crippen molar-refractivity contribution in [1.82, 2.24) is 9.97 Å². The van der Waals surface area contributed by atoms with Crippen molar-refractivity contribution in [2.75, 3.05) is 25.6 Å². The summed E-state index contributed by atoms with van der Waals surface area (Å²) >= 11 is 5.93. The number of rotatable bonds is 7. The molecule has 0 saturated carbocycles. The van der Waals surface area contributed by atoms with Crippen molar-refractivity contribution in [3.8, 4) is 0 Å².